The highest BCUT2D eigenvalue weighted by atomic mass is 19.1. The molecule has 0 bridgehead atoms. The van der Waals surface area contributed by atoms with Crippen LogP contribution in [-0.2, 0) is 19.1 Å². The maximum atomic E-state index is 13.5. The number of unbranched alkanes of at least 4 members (excludes halogenated alkanes) is 4. The van der Waals surface area contributed by atoms with E-state index in [1.165, 1.54) is 126 Å². The zero-order chi connectivity index (χ0) is 64.3. The van der Waals surface area contributed by atoms with Crippen molar-refractivity contribution in [2.24, 2.45) is 29.6 Å². The molecule has 9 nitrogen and oxygen atoms in total. The Kier molecular flexibility index (Phi) is 44.4. The van der Waals surface area contributed by atoms with Crippen molar-refractivity contribution in [3.8, 4) is 5.75 Å². The maximum Gasteiger partial charge on any atom is 0.206 e. The first-order chi connectivity index (χ1) is 40.5. The zero-order valence-corrected chi connectivity index (χ0v) is 58.0. The van der Waals surface area contributed by atoms with Gasteiger partial charge in [-0.15, -0.1) is 0 Å². The highest BCUT2D eigenvalue weighted by molar-refractivity contribution is 5.98. The Morgan fingerprint density at radius 3 is 1.98 bits per heavy atom. The quantitative estimate of drug-likeness (QED) is 0.0264. The number of rotatable bonds is 30. The van der Waals surface area contributed by atoms with Crippen molar-refractivity contribution in [1.82, 2.24) is 5.32 Å². The third-order valence-corrected chi connectivity index (χ3v) is 17.3. The number of anilines is 2. The molecule has 2 N–H and O–H groups in total. The third-order valence-electron chi connectivity index (χ3n) is 17.3. The summed E-state index contributed by atoms with van der Waals surface area (Å²) in [5.74, 6) is 6.48. The summed E-state index contributed by atoms with van der Waals surface area (Å²) in [7, 11) is 9.84. The van der Waals surface area contributed by atoms with E-state index in [-0.39, 0.29) is 11.6 Å². The monoisotopic (exact) mass is 1180 g/mol. The predicted molar refractivity (Wildman–Crippen MR) is 366 cm³/mol. The molecule has 1 fully saturated rings. The van der Waals surface area contributed by atoms with E-state index in [1.54, 1.807) is 33.2 Å². The molecule has 484 valence electrons. The van der Waals surface area contributed by atoms with Crippen molar-refractivity contribution in [3.05, 3.63) is 112 Å². The van der Waals surface area contributed by atoms with Crippen LogP contribution < -0.4 is 20.3 Å². The van der Waals surface area contributed by atoms with Gasteiger partial charge in [0.25, 0.3) is 0 Å². The summed E-state index contributed by atoms with van der Waals surface area (Å²) >= 11 is 0. The molecule has 2 aliphatic heterocycles. The molecule has 6 atom stereocenters. The van der Waals surface area contributed by atoms with Gasteiger partial charge in [0.05, 0.1) is 51.1 Å². The van der Waals surface area contributed by atoms with Crippen LogP contribution in [0.2, 0.25) is 0 Å². The summed E-state index contributed by atoms with van der Waals surface area (Å²) in [6, 6.07) is 11.1. The molecule has 5 rings (SSSR count). The van der Waals surface area contributed by atoms with E-state index in [4.69, 9.17) is 14.3 Å². The van der Waals surface area contributed by atoms with Gasteiger partial charge in [0, 0.05) is 32.2 Å². The van der Waals surface area contributed by atoms with Crippen LogP contribution in [0.15, 0.2) is 95.1 Å². The van der Waals surface area contributed by atoms with Gasteiger partial charge >= 0.3 is 0 Å². The molecule has 2 heterocycles. The summed E-state index contributed by atoms with van der Waals surface area (Å²) in [5.41, 5.74) is 8.12. The lowest BCUT2D eigenvalue weighted by Crippen LogP contribution is -2.45. The van der Waals surface area contributed by atoms with Crippen LogP contribution in [0, 0.1) is 49.3 Å². The van der Waals surface area contributed by atoms with E-state index in [9.17, 15) is 14.0 Å². The molecule has 0 spiro atoms. The number of hydrogen-bond donors (Lipinski definition) is 2. The summed E-state index contributed by atoms with van der Waals surface area (Å²) in [6.07, 6.45) is 35.6. The Morgan fingerprint density at radius 1 is 0.812 bits per heavy atom. The molecule has 1 amide bonds. The topological polar surface area (TPSA) is 97.0 Å². The minimum atomic E-state index is -0.475. The van der Waals surface area contributed by atoms with Crippen molar-refractivity contribution in [2.75, 3.05) is 58.6 Å². The minimum Gasteiger partial charge on any atom is -0.500 e. The second-order valence-electron chi connectivity index (χ2n) is 25.2. The van der Waals surface area contributed by atoms with Gasteiger partial charge in [-0.3, -0.25) is 14.4 Å². The van der Waals surface area contributed by atoms with E-state index < -0.39 is 6.10 Å². The lowest BCUT2D eigenvalue weighted by Gasteiger charge is -2.35. The molecule has 0 radical (unpaired) electrons. The Morgan fingerprint density at radius 2 is 1.45 bits per heavy atom. The van der Waals surface area contributed by atoms with Crippen LogP contribution >= 0.6 is 0 Å². The van der Waals surface area contributed by atoms with Gasteiger partial charge in [-0.25, -0.2) is 4.39 Å². The molecular formula is C75H128FN4O5+. The molecule has 0 aromatic heterocycles. The fourth-order valence-corrected chi connectivity index (χ4v) is 10.4. The number of amides is 1. The SMILES string of the molecule is C1CCCC1.C=C(/C=C(\C=C(\C)C(C)CC)C(=O)CCC/C=C1/Nc2ccc(C)cc2N1C)C1=C(OC)CC[N+](C)(C)C1.CCCC.CCCC(C=O)Oc1ccc(C)c(F)c1.CCCCCC(C)C(C)C(CCC)CCC(C)CC.CNC=O. The molecule has 6 unspecified atom stereocenters. The number of nitrogens with zero attached hydrogens (tertiary/aromatic N) is 2. The average molecular weight is 1180 g/mol. The first-order valence-corrected chi connectivity index (χ1v) is 33.5. The largest absolute Gasteiger partial charge is 0.500 e. The number of halogens is 1. The van der Waals surface area contributed by atoms with E-state index in [2.05, 4.69) is 157 Å². The number of nitrogens with one attached hydrogen (secondary N) is 2. The van der Waals surface area contributed by atoms with Gasteiger partial charge in [-0.1, -0.05) is 209 Å². The Bertz CT molecular complexity index is 2280. The minimum absolute atomic E-state index is 0.169. The van der Waals surface area contributed by atoms with Crippen molar-refractivity contribution in [3.63, 3.8) is 0 Å². The Hall–Kier alpha value is -4.96. The summed E-state index contributed by atoms with van der Waals surface area (Å²) in [6.45, 7) is 37.3. The lowest BCUT2D eigenvalue weighted by molar-refractivity contribution is -0.887. The second-order valence-corrected chi connectivity index (χ2v) is 25.2. The van der Waals surface area contributed by atoms with Gasteiger partial charge in [-0.05, 0) is 130 Å². The number of quaternary nitrogens is 1. The van der Waals surface area contributed by atoms with E-state index in [0.717, 1.165) is 114 Å². The molecule has 10 heteroatoms. The number of benzene rings is 2. The number of likely N-dealkylation sites (N-methyl/N-ethyl adjacent to an activating group) is 1. The number of carbonyl (C=O) groups is 3. The summed E-state index contributed by atoms with van der Waals surface area (Å²) in [5, 5.41) is 5.75. The molecule has 0 saturated heterocycles. The maximum absolute atomic E-state index is 13.5. The van der Waals surface area contributed by atoms with E-state index in [1.807, 2.05) is 13.0 Å². The molecule has 1 aliphatic carbocycles. The van der Waals surface area contributed by atoms with Crippen LogP contribution in [0.25, 0.3) is 0 Å². The summed E-state index contributed by atoms with van der Waals surface area (Å²) in [4.78, 5) is 35.4. The lowest BCUT2D eigenvalue weighted by atomic mass is 9.76. The number of aldehydes is 1. The van der Waals surface area contributed by atoms with Crippen molar-refractivity contribution in [2.45, 2.75) is 251 Å². The molecular weight excluding hydrogens is 1060 g/mol. The molecule has 1 saturated carbocycles. The van der Waals surface area contributed by atoms with Crippen LogP contribution in [-0.4, -0.2) is 77.5 Å². The van der Waals surface area contributed by atoms with Gasteiger partial charge in [0.1, 0.15) is 29.7 Å². The Balaban J connectivity index is 0.00000124. The molecule has 2 aromatic carbocycles. The fourth-order valence-electron chi connectivity index (χ4n) is 10.4. The highest BCUT2D eigenvalue weighted by Gasteiger charge is 2.29. The van der Waals surface area contributed by atoms with Crippen LogP contribution in [0.4, 0.5) is 15.8 Å². The van der Waals surface area contributed by atoms with Gasteiger partial charge in [0.15, 0.2) is 18.2 Å². The van der Waals surface area contributed by atoms with Gasteiger partial charge in [0.2, 0.25) is 6.41 Å². The smallest absolute Gasteiger partial charge is 0.206 e. The number of allylic oxidation sites excluding steroid dienone is 5. The number of aryl methyl sites for hydroxylation is 2. The number of ketones is 1. The van der Waals surface area contributed by atoms with Gasteiger partial charge < -0.3 is 29.5 Å². The van der Waals surface area contributed by atoms with Gasteiger partial charge in [-0.2, -0.15) is 0 Å². The molecule has 85 heavy (non-hydrogen) atoms. The Labute approximate surface area is 522 Å². The zero-order valence-electron chi connectivity index (χ0n) is 58.0. The van der Waals surface area contributed by atoms with E-state index >= 15 is 0 Å². The second kappa shape index (κ2) is 47.2. The summed E-state index contributed by atoms with van der Waals surface area (Å²) < 4.78 is 25.1. The number of Topliss-reactive ketones (excluding diaryl/α,β-unsaturated/α-hetero) is 1. The molecule has 2 aromatic rings. The molecule has 3 aliphatic rings. The number of fused-ring (bicyclic) bond motifs is 1. The van der Waals surface area contributed by atoms with Crippen molar-refractivity contribution >= 4 is 29.9 Å². The third kappa shape index (κ3) is 33.7. The normalized spacial score (nSPS) is 16.8. The van der Waals surface area contributed by atoms with Crippen LogP contribution in [0.1, 0.15) is 242 Å². The average Bonchev–Trinajstić information content (AvgIpc) is 3.36. The van der Waals surface area contributed by atoms with Crippen LogP contribution in [0.5, 0.6) is 5.75 Å². The number of ether oxygens (including phenoxy) is 2. The first-order valence-electron chi connectivity index (χ1n) is 33.5. The van der Waals surface area contributed by atoms with Crippen molar-refractivity contribution < 1.29 is 32.7 Å². The fraction of sp³-hybridized carbons (Fsp3) is 0.667. The predicted octanol–water partition coefficient (Wildman–Crippen LogP) is 20.4. The number of carbonyl (C=O) groups excluding carboxylic acids is 3. The van der Waals surface area contributed by atoms with Crippen LogP contribution in [0.3, 0.4) is 0 Å². The number of hydrogen-bond acceptors (Lipinski definition) is 7. The van der Waals surface area contributed by atoms with E-state index in [0.29, 0.717) is 36.5 Å². The number of methoxy groups -OCH3 is 1. The highest BCUT2D eigenvalue weighted by Crippen LogP contribution is 2.37. The first kappa shape index (κ1) is 80.0. The van der Waals surface area contributed by atoms with Crippen molar-refractivity contribution in [1.29, 1.82) is 0 Å². The standard InChI is InChI=1S/C33H48N3O2.C19H40.C12H15FO2.C5H10.C4H10.C2H5NO/c1-10-24(3)25(4)20-27(21-26(5)28-22-36(7,8)18-17-32(28)38-9)31(37)13-11-12-14-33-34-29-16-15-23(2)19-30(29)35(33)6;1-7-10-11-13-17(5)18(6)19(12-8-2)15-14-16(4)9-3;1-3-4-11(8-14)15-10-6-5-9(2)12(13)7-10;1-2-4-5-3-1;1-3-4-2;1-3-2-4/h14-16,19-21,24,34H,5,10-13,17-18,22H2,1-4,6-9H3;16-19H,7-15H2,1-6H3;5-8,11H,3-4H2,1-2H3;1-5H2;3-4H2,1-2H3;2H,1H3,(H,3,4)/q+1;;;;;/b25-20-,27-21+,33-14-;;;;;.